The Morgan fingerprint density at radius 3 is 2.47 bits per heavy atom. The van der Waals surface area contributed by atoms with Crippen molar-refractivity contribution in [3.63, 3.8) is 0 Å². The molecule has 0 spiro atoms. The summed E-state index contributed by atoms with van der Waals surface area (Å²) in [7, 11) is 2.00. The number of aryl methyl sites for hydroxylation is 1. The first-order chi connectivity index (χ1) is 14.7. The quantitative estimate of drug-likeness (QED) is 0.456. The highest BCUT2D eigenvalue weighted by Crippen LogP contribution is 2.27. The Kier molecular flexibility index (Phi) is 5.19. The summed E-state index contributed by atoms with van der Waals surface area (Å²) in [6, 6.07) is 23.5. The molecule has 4 nitrogen and oxygen atoms in total. The minimum absolute atomic E-state index is 0.775. The summed E-state index contributed by atoms with van der Waals surface area (Å²) in [5, 5.41) is 6.33. The minimum atomic E-state index is 0.775. The predicted molar refractivity (Wildman–Crippen MR) is 125 cm³/mol. The van der Waals surface area contributed by atoms with Crippen LogP contribution in [0.3, 0.4) is 0 Å². The van der Waals surface area contributed by atoms with Crippen LogP contribution in [0.4, 0.5) is 5.69 Å². The number of hydrogen-bond acceptors (Lipinski definition) is 3. The third-order valence-electron chi connectivity index (χ3n) is 6.04. The van der Waals surface area contributed by atoms with Crippen LogP contribution in [0, 0.1) is 0 Å². The Morgan fingerprint density at radius 2 is 1.67 bits per heavy atom. The number of halogens is 1. The zero-order valence-corrected chi connectivity index (χ0v) is 17.9. The topological polar surface area (TPSA) is 24.3 Å². The molecule has 0 bridgehead atoms. The van der Waals surface area contributed by atoms with Crippen LogP contribution in [0.2, 0.25) is 5.02 Å². The van der Waals surface area contributed by atoms with E-state index in [1.165, 1.54) is 33.3 Å². The number of fused-ring (bicyclic) bond motifs is 1. The van der Waals surface area contributed by atoms with Crippen molar-refractivity contribution < 1.29 is 0 Å². The molecular formula is C25H25ClN4. The average molecular weight is 417 g/mol. The van der Waals surface area contributed by atoms with Crippen LogP contribution in [-0.4, -0.2) is 40.9 Å². The highest BCUT2D eigenvalue weighted by molar-refractivity contribution is 6.30. The van der Waals surface area contributed by atoms with Crippen molar-refractivity contribution in [3.05, 3.63) is 83.5 Å². The first-order valence-corrected chi connectivity index (χ1v) is 10.8. The molecule has 4 aromatic rings. The van der Waals surface area contributed by atoms with Crippen molar-refractivity contribution in [3.8, 4) is 11.1 Å². The maximum Gasteiger partial charge on any atom is 0.0699 e. The number of anilines is 1. The van der Waals surface area contributed by atoms with E-state index in [4.69, 9.17) is 11.6 Å². The Balaban J connectivity index is 1.28. The zero-order chi connectivity index (χ0) is 20.5. The molecule has 152 valence electrons. The van der Waals surface area contributed by atoms with Gasteiger partial charge in [-0.25, -0.2) is 0 Å². The molecule has 1 aromatic heterocycles. The van der Waals surface area contributed by atoms with E-state index in [9.17, 15) is 0 Å². The Hall–Kier alpha value is -2.82. The molecule has 0 unspecified atom stereocenters. The van der Waals surface area contributed by atoms with Crippen LogP contribution >= 0.6 is 11.6 Å². The first-order valence-electron chi connectivity index (χ1n) is 10.4. The second-order valence-electron chi connectivity index (χ2n) is 7.94. The fraction of sp³-hybridized carbons (Fsp3) is 0.240. The lowest BCUT2D eigenvalue weighted by atomic mass is 9.99. The highest BCUT2D eigenvalue weighted by Gasteiger charge is 2.19. The number of hydrogen-bond donors (Lipinski definition) is 0. The van der Waals surface area contributed by atoms with Gasteiger partial charge in [0.25, 0.3) is 0 Å². The summed E-state index contributed by atoms with van der Waals surface area (Å²) < 4.78 is 1.95. The minimum Gasteiger partial charge on any atom is -0.369 e. The molecule has 1 fully saturated rings. The van der Waals surface area contributed by atoms with Crippen molar-refractivity contribution in [2.75, 3.05) is 31.1 Å². The van der Waals surface area contributed by atoms with E-state index in [-0.39, 0.29) is 0 Å². The molecule has 0 aliphatic carbocycles. The normalized spacial score (nSPS) is 15.1. The van der Waals surface area contributed by atoms with E-state index >= 15 is 0 Å². The monoisotopic (exact) mass is 416 g/mol. The van der Waals surface area contributed by atoms with Gasteiger partial charge in [-0.2, -0.15) is 5.10 Å². The van der Waals surface area contributed by atoms with Crippen LogP contribution < -0.4 is 4.90 Å². The number of piperazine rings is 1. The zero-order valence-electron chi connectivity index (χ0n) is 17.1. The van der Waals surface area contributed by atoms with E-state index in [0.29, 0.717) is 0 Å². The van der Waals surface area contributed by atoms with E-state index in [0.717, 1.165) is 37.7 Å². The fourth-order valence-corrected chi connectivity index (χ4v) is 4.43. The standard InChI is InChI=1S/C25H25ClN4/c1-28-25-16-23(11-8-20(25)17-27-28)30-14-12-29(13-15-30)18-21-4-2-3-5-24(21)19-6-9-22(26)10-7-19/h2-11,16-17H,12-15,18H2,1H3. The van der Waals surface area contributed by atoms with Gasteiger partial charge in [0.2, 0.25) is 0 Å². The Bertz CT molecular complexity index is 1160. The lowest BCUT2D eigenvalue weighted by molar-refractivity contribution is 0.250. The Morgan fingerprint density at radius 1 is 0.900 bits per heavy atom. The highest BCUT2D eigenvalue weighted by atomic mass is 35.5. The van der Waals surface area contributed by atoms with Gasteiger partial charge in [0.05, 0.1) is 11.7 Å². The molecule has 5 heteroatoms. The molecule has 0 N–H and O–H groups in total. The molecule has 1 aliphatic heterocycles. The fourth-order valence-electron chi connectivity index (χ4n) is 4.30. The molecule has 1 saturated heterocycles. The van der Waals surface area contributed by atoms with Crippen LogP contribution in [0.15, 0.2) is 72.9 Å². The summed E-state index contributed by atoms with van der Waals surface area (Å²) in [5.74, 6) is 0. The summed E-state index contributed by atoms with van der Waals surface area (Å²) >= 11 is 6.08. The van der Waals surface area contributed by atoms with Gasteiger partial charge >= 0.3 is 0 Å². The number of rotatable bonds is 4. The van der Waals surface area contributed by atoms with E-state index < -0.39 is 0 Å². The first kappa shape index (κ1) is 19.2. The summed E-state index contributed by atoms with van der Waals surface area (Å²) in [6.07, 6.45) is 1.93. The third kappa shape index (κ3) is 3.81. The molecule has 0 amide bonds. The second kappa shape index (κ2) is 8.13. The molecule has 2 heterocycles. The molecule has 1 aliphatic rings. The van der Waals surface area contributed by atoms with Crippen molar-refractivity contribution in [2.24, 2.45) is 7.05 Å². The van der Waals surface area contributed by atoms with Crippen molar-refractivity contribution in [2.45, 2.75) is 6.54 Å². The maximum atomic E-state index is 6.08. The molecular weight excluding hydrogens is 392 g/mol. The lowest BCUT2D eigenvalue weighted by Crippen LogP contribution is -2.46. The van der Waals surface area contributed by atoms with Crippen LogP contribution in [0.25, 0.3) is 22.0 Å². The summed E-state index contributed by atoms with van der Waals surface area (Å²) in [4.78, 5) is 5.03. The van der Waals surface area contributed by atoms with Gasteiger partial charge in [-0.1, -0.05) is 48.0 Å². The third-order valence-corrected chi connectivity index (χ3v) is 6.29. The molecule has 0 radical (unpaired) electrons. The SMILES string of the molecule is Cn1ncc2ccc(N3CCN(Cc4ccccc4-c4ccc(Cl)cc4)CC3)cc21. The average Bonchev–Trinajstić information content (AvgIpc) is 3.16. The van der Waals surface area contributed by atoms with Gasteiger partial charge in [0.15, 0.2) is 0 Å². The van der Waals surface area contributed by atoms with Gasteiger partial charge in [-0.3, -0.25) is 9.58 Å². The van der Waals surface area contributed by atoms with Crippen molar-refractivity contribution >= 4 is 28.2 Å². The van der Waals surface area contributed by atoms with E-state index in [1.54, 1.807) is 0 Å². The molecule has 0 atom stereocenters. The van der Waals surface area contributed by atoms with Gasteiger partial charge in [-0.15, -0.1) is 0 Å². The molecule has 5 rings (SSSR count). The number of nitrogens with zero attached hydrogens (tertiary/aromatic N) is 4. The Labute approximate surface area is 182 Å². The van der Waals surface area contributed by atoms with Gasteiger partial charge in [-0.05, 0) is 47.0 Å². The van der Waals surface area contributed by atoms with Gasteiger partial charge in [0, 0.05) is 55.9 Å². The summed E-state index contributed by atoms with van der Waals surface area (Å²) in [6.45, 7) is 5.14. The molecule has 30 heavy (non-hydrogen) atoms. The summed E-state index contributed by atoms with van der Waals surface area (Å²) in [5.41, 5.74) is 6.35. The van der Waals surface area contributed by atoms with E-state index in [1.807, 2.05) is 30.1 Å². The lowest BCUT2D eigenvalue weighted by Gasteiger charge is -2.36. The predicted octanol–water partition coefficient (Wildman–Crippen LogP) is 5.22. The van der Waals surface area contributed by atoms with Crippen LogP contribution in [0.1, 0.15) is 5.56 Å². The van der Waals surface area contributed by atoms with E-state index in [2.05, 4.69) is 69.5 Å². The van der Waals surface area contributed by atoms with Crippen molar-refractivity contribution in [1.29, 1.82) is 0 Å². The smallest absolute Gasteiger partial charge is 0.0699 e. The molecule has 0 saturated carbocycles. The maximum absolute atomic E-state index is 6.08. The number of benzene rings is 3. The second-order valence-corrected chi connectivity index (χ2v) is 8.37. The van der Waals surface area contributed by atoms with Crippen LogP contribution in [-0.2, 0) is 13.6 Å². The molecule has 3 aromatic carbocycles. The van der Waals surface area contributed by atoms with Crippen molar-refractivity contribution in [1.82, 2.24) is 14.7 Å². The van der Waals surface area contributed by atoms with Gasteiger partial charge < -0.3 is 4.90 Å². The van der Waals surface area contributed by atoms with Crippen LogP contribution in [0.5, 0.6) is 0 Å². The largest absolute Gasteiger partial charge is 0.369 e. The number of aromatic nitrogens is 2. The van der Waals surface area contributed by atoms with Gasteiger partial charge in [0.1, 0.15) is 0 Å².